The first kappa shape index (κ1) is 23.0. The van der Waals surface area contributed by atoms with Crippen LogP contribution in [0, 0.1) is 9.54 Å². The summed E-state index contributed by atoms with van der Waals surface area (Å²) in [6.07, 6.45) is 2.07. The van der Waals surface area contributed by atoms with Crippen LogP contribution >= 0.6 is 24.4 Å². The van der Waals surface area contributed by atoms with Crippen LogP contribution in [0.25, 0.3) is 0 Å². The maximum Gasteiger partial charge on any atom is 1.00 e. The molecule has 2 heterocycles. The molecule has 13 heteroatoms. The third-order valence-corrected chi connectivity index (χ3v) is 5.87. The summed E-state index contributed by atoms with van der Waals surface area (Å²) in [6, 6.07) is 5.27. The van der Waals surface area contributed by atoms with E-state index in [1.807, 2.05) is 0 Å². The molecule has 1 unspecified atom stereocenters. The molecule has 1 aliphatic heterocycles. The van der Waals surface area contributed by atoms with Gasteiger partial charge in [0.25, 0.3) is 10.0 Å². The number of nitrogens with one attached hydrogen (secondary N) is 3. The van der Waals surface area contributed by atoms with E-state index in [-0.39, 0.29) is 49.9 Å². The summed E-state index contributed by atoms with van der Waals surface area (Å²) >= 11 is 9.80. The molecule has 0 radical (unpaired) electrons. The molecule has 0 amide bonds. The Hall–Kier alpha value is -1.31. The predicted octanol–water partition coefficient (Wildman–Crippen LogP) is -1.89. The van der Waals surface area contributed by atoms with Gasteiger partial charge in [0.2, 0.25) is 10.7 Å². The number of nitrogens with zero attached hydrogens (tertiary/aromatic N) is 2. The first-order chi connectivity index (χ1) is 12.8. The zero-order chi connectivity index (χ0) is 19.6. The minimum atomic E-state index is -3.99. The van der Waals surface area contributed by atoms with Crippen LogP contribution in [0.4, 0.5) is 11.6 Å². The van der Waals surface area contributed by atoms with Gasteiger partial charge in [-0.05, 0) is 61.9 Å². The number of aliphatic carboxylic acids is 1. The number of carbonyl (C=O) groups is 1. The largest absolute Gasteiger partial charge is 1.00 e. The predicted molar refractivity (Wildman–Crippen MR) is 102 cm³/mol. The minimum absolute atomic E-state index is 0. The van der Waals surface area contributed by atoms with Gasteiger partial charge in [-0.1, -0.05) is 6.07 Å². The van der Waals surface area contributed by atoms with Gasteiger partial charge in [0.05, 0.1) is 16.9 Å². The van der Waals surface area contributed by atoms with Crippen molar-refractivity contribution >= 4 is 52.1 Å². The number of aromatic amines is 2. The Bertz CT molecular complexity index is 1060. The van der Waals surface area contributed by atoms with E-state index in [1.165, 1.54) is 12.1 Å². The van der Waals surface area contributed by atoms with Crippen LogP contribution in [-0.2, 0) is 14.8 Å². The van der Waals surface area contributed by atoms with Gasteiger partial charge in [0.1, 0.15) is 0 Å². The second-order valence-corrected chi connectivity index (χ2v) is 8.45. The number of hydrogen-bond donors (Lipinski definition) is 3. The van der Waals surface area contributed by atoms with Gasteiger partial charge in [-0.25, -0.2) is 13.1 Å². The maximum absolute atomic E-state index is 12.7. The fraction of sp³-hybridized carbons (Fsp3) is 0.333. The Labute approximate surface area is 193 Å². The topological polar surface area (TPSA) is 134 Å². The second-order valence-electron chi connectivity index (χ2n) is 5.97. The molecule has 1 aromatic heterocycles. The van der Waals surface area contributed by atoms with Crippen LogP contribution in [0.15, 0.2) is 29.2 Å². The van der Waals surface area contributed by atoms with Crippen molar-refractivity contribution < 1.29 is 47.9 Å². The quantitative estimate of drug-likeness (QED) is 0.356. The summed E-state index contributed by atoms with van der Waals surface area (Å²) in [6.45, 7) is 0.512. The third kappa shape index (κ3) is 5.39. The molecular formula is C15H16N5NaO4S3. The van der Waals surface area contributed by atoms with Crippen molar-refractivity contribution in [1.29, 1.82) is 0 Å². The number of rotatable bonds is 5. The number of anilines is 2. The molecule has 3 N–H and O–H groups in total. The molecule has 0 bridgehead atoms. The summed E-state index contributed by atoms with van der Waals surface area (Å²) in [7, 11) is -3.99. The molecule has 0 aliphatic carbocycles. The van der Waals surface area contributed by atoms with Crippen LogP contribution < -0.4 is 44.3 Å². The van der Waals surface area contributed by atoms with Crippen molar-refractivity contribution in [3.63, 3.8) is 0 Å². The minimum Gasteiger partial charge on any atom is -0.548 e. The van der Waals surface area contributed by atoms with E-state index in [0.29, 0.717) is 18.7 Å². The third-order valence-electron chi connectivity index (χ3n) is 4.13. The summed E-state index contributed by atoms with van der Waals surface area (Å²) in [5, 5.41) is 11.4. The van der Waals surface area contributed by atoms with E-state index in [2.05, 4.69) is 19.7 Å². The normalized spacial score (nSPS) is 16.9. The summed E-state index contributed by atoms with van der Waals surface area (Å²) < 4.78 is 27.8. The Morgan fingerprint density at radius 1 is 1.29 bits per heavy atom. The average molecular weight is 450 g/mol. The first-order valence-electron chi connectivity index (χ1n) is 8.07. The molecule has 9 nitrogen and oxygen atoms in total. The number of carboxylic acid groups (broad SMARTS) is 1. The van der Waals surface area contributed by atoms with E-state index >= 15 is 0 Å². The van der Waals surface area contributed by atoms with Gasteiger partial charge in [-0.3, -0.25) is 0 Å². The second kappa shape index (κ2) is 9.46. The van der Waals surface area contributed by atoms with Crippen molar-refractivity contribution in [3.8, 4) is 0 Å². The van der Waals surface area contributed by atoms with Crippen LogP contribution in [0.3, 0.4) is 0 Å². The van der Waals surface area contributed by atoms with Crippen molar-refractivity contribution in [2.75, 3.05) is 16.2 Å². The van der Waals surface area contributed by atoms with Crippen LogP contribution in [-0.4, -0.2) is 41.9 Å². The number of hydrogen-bond acceptors (Lipinski definition) is 8. The fourth-order valence-corrected chi connectivity index (χ4v) is 4.40. The SMILES string of the molecule is O=C([O-])C1CCCCN1c1cccc(S(=O)(=O)Nc2nc(=S)[nH]c(=S)[nH]2)c1.[Na+]. The van der Waals surface area contributed by atoms with Crippen molar-refractivity contribution in [1.82, 2.24) is 15.0 Å². The van der Waals surface area contributed by atoms with E-state index in [9.17, 15) is 18.3 Å². The monoisotopic (exact) mass is 449 g/mol. The Balaban J connectivity index is 0.00000280. The molecule has 1 aromatic carbocycles. The van der Waals surface area contributed by atoms with Crippen LogP contribution in [0.2, 0.25) is 0 Å². The number of aromatic nitrogens is 3. The molecule has 1 aliphatic rings. The molecule has 0 spiro atoms. The maximum atomic E-state index is 12.7. The molecule has 1 saturated heterocycles. The summed E-state index contributed by atoms with van der Waals surface area (Å²) in [4.78, 5) is 22.0. The molecule has 144 valence electrons. The van der Waals surface area contributed by atoms with Gasteiger partial charge >= 0.3 is 29.6 Å². The Morgan fingerprint density at radius 3 is 2.71 bits per heavy atom. The van der Waals surface area contributed by atoms with Gasteiger partial charge in [-0.15, -0.1) is 0 Å². The molecule has 28 heavy (non-hydrogen) atoms. The molecule has 1 fully saturated rings. The molecule has 2 aromatic rings. The standard InChI is InChI=1S/C15H17N5O4S3.Na/c21-12(22)11-6-1-2-7-20(11)9-4-3-5-10(8-9)27(23,24)19-13-16-14(25)18-15(26)17-13;/h3-5,8,11H,1-2,6-7H2,(H,21,22)(H3,16,17,18,19,25,26);/q;+1/p-1. The Kier molecular flexibility index (Phi) is 7.76. The zero-order valence-electron chi connectivity index (χ0n) is 15.0. The zero-order valence-corrected chi connectivity index (χ0v) is 19.4. The molecule has 0 saturated carbocycles. The van der Waals surface area contributed by atoms with E-state index in [0.717, 1.165) is 12.8 Å². The van der Waals surface area contributed by atoms with E-state index in [1.54, 1.807) is 17.0 Å². The summed E-state index contributed by atoms with van der Waals surface area (Å²) in [5.41, 5.74) is 0.498. The number of sulfonamides is 1. The fourth-order valence-electron chi connectivity index (χ4n) is 2.94. The van der Waals surface area contributed by atoms with Crippen LogP contribution in [0.5, 0.6) is 0 Å². The van der Waals surface area contributed by atoms with Gasteiger partial charge in [0.15, 0.2) is 4.77 Å². The number of piperidine rings is 1. The van der Waals surface area contributed by atoms with Crippen molar-refractivity contribution in [3.05, 3.63) is 33.8 Å². The van der Waals surface area contributed by atoms with Gasteiger partial charge in [0, 0.05) is 12.2 Å². The smallest absolute Gasteiger partial charge is 0.548 e. The molecular weight excluding hydrogens is 433 g/mol. The summed E-state index contributed by atoms with van der Waals surface area (Å²) in [5.74, 6) is -1.28. The van der Waals surface area contributed by atoms with Crippen molar-refractivity contribution in [2.24, 2.45) is 0 Å². The number of benzene rings is 1. The van der Waals surface area contributed by atoms with Crippen molar-refractivity contribution in [2.45, 2.75) is 30.2 Å². The number of carboxylic acids is 1. The average Bonchev–Trinajstić information content (AvgIpc) is 2.60. The Morgan fingerprint density at radius 2 is 2.04 bits per heavy atom. The first-order valence-corrected chi connectivity index (χ1v) is 10.4. The van der Waals surface area contributed by atoms with Gasteiger partial charge < -0.3 is 24.8 Å². The van der Waals surface area contributed by atoms with Gasteiger partial charge in [-0.2, -0.15) is 4.98 Å². The van der Waals surface area contributed by atoms with E-state index in [4.69, 9.17) is 24.4 Å². The number of H-pyrrole nitrogens is 2. The van der Waals surface area contributed by atoms with E-state index < -0.39 is 22.0 Å². The number of carbonyl (C=O) groups excluding carboxylic acids is 1. The molecule has 1 atom stereocenters. The van der Waals surface area contributed by atoms with Crippen LogP contribution in [0.1, 0.15) is 19.3 Å². The molecule has 3 rings (SSSR count).